The van der Waals surface area contributed by atoms with Gasteiger partial charge in [-0.25, -0.2) is 0 Å². The zero-order valence-electron chi connectivity index (χ0n) is 15.3. The summed E-state index contributed by atoms with van der Waals surface area (Å²) in [6.45, 7) is 0.759. The van der Waals surface area contributed by atoms with Gasteiger partial charge in [-0.2, -0.15) is 0 Å². The van der Waals surface area contributed by atoms with Crippen molar-refractivity contribution >= 4 is 5.91 Å². The van der Waals surface area contributed by atoms with Gasteiger partial charge < -0.3 is 19.9 Å². The molecule has 0 aromatic heterocycles. The van der Waals surface area contributed by atoms with Crippen LogP contribution in [0.25, 0.3) is 0 Å². The number of aliphatic hydroxyl groups excluding tert-OH is 1. The van der Waals surface area contributed by atoms with Crippen LogP contribution < -0.4 is 5.32 Å². The largest absolute Gasteiger partial charge is 0.459 e. The van der Waals surface area contributed by atoms with Gasteiger partial charge in [0.1, 0.15) is 0 Å². The second-order valence-corrected chi connectivity index (χ2v) is 7.78. The van der Waals surface area contributed by atoms with E-state index in [2.05, 4.69) is 11.4 Å². The second-order valence-electron chi connectivity index (χ2n) is 7.78. The van der Waals surface area contributed by atoms with Crippen LogP contribution in [0.3, 0.4) is 0 Å². The zero-order valence-corrected chi connectivity index (χ0v) is 15.3. The highest BCUT2D eigenvalue weighted by atomic mass is 16.7. The molecule has 5 nitrogen and oxygen atoms in total. The fraction of sp³-hybridized carbons (Fsp3) is 0.850. The van der Waals surface area contributed by atoms with E-state index in [-0.39, 0.29) is 18.8 Å². The molecule has 0 spiro atoms. The minimum Gasteiger partial charge on any atom is -0.459 e. The second kappa shape index (κ2) is 9.58. The smallest absolute Gasteiger partial charge is 0.286 e. The summed E-state index contributed by atoms with van der Waals surface area (Å²) in [7, 11) is 0. The Labute approximate surface area is 151 Å². The van der Waals surface area contributed by atoms with E-state index in [0.717, 1.165) is 32.1 Å². The van der Waals surface area contributed by atoms with Gasteiger partial charge >= 0.3 is 0 Å². The van der Waals surface area contributed by atoms with Gasteiger partial charge in [0.2, 0.25) is 6.29 Å². The monoisotopic (exact) mass is 351 g/mol. The molecule has 0 saturated heterocycles. The van der Waals surface area contributed by atoms with Gasteiger partial charge in [0, 0.05) is 19.1 Å². The summed E-state index contributed by atoms with van der Waals surface area (Å²) in [5.41, 5.74) is 0. The van der Waals surface area contributed by atoms with Crippen LogP contribution in [0.5, 0.6) is 0 Å². The predicted molar refractivity (Wildman–Crippen MR) is 95.7 cm³/mol. The third kappa shape index (κ3) is 5.45. The van der Waals surface area contributed by atoms with Crippen molar-refractivity contribution < 1.29 is 19.4 Å². The predicted octanol–water partition coefficient (Wildman–Crippen LogP) is 3.27. The molecule has 1 heterocycles. The molecule has 3 rings (SSSR count). The lowest BCUT2D eigenvalue weighted by Crippen LogP contribution is -2.40. The molecule has 3 aliphatic rings. The topological polar surface area (TPSA) is 67.8 Å². The molecule has 142 valence electrons. The standard InChI is InChI=1S/C20H33NO4/c22-11-4-5-12-24-19-14-16(15-7-6-8-15)13-18(25-19)20(23)21-17-9-2-1-3-10-17/h13,15-17,19,22H,1-12,14H2,(H,21,23)/t16-,19+/m0/s1. The number of nitrogens with one attached hydrogen (secondary N) is 1. The number of ether oxygens (including phenoxy) is 2. The van der Waals surface area contributed by atoms with Gasteiger partial charge in [-0.15, -0.1) is 0 Å². The van der Waals surface area contributed by atoms with Gasteiger partial charge in [-0.1, -0.05) is 25.7 Å². The summed E-state index contributed by atoms with van der Waals surface area (Å²) in [5.74, 6) is 1.45. The summed E-state index contributed by atoms with van der Waals surface area (Å²) in [5, 5.41) is 12.0. The van der Waals surface area contributed by atoms with Crippen LogP contribution in [0.2, 0.25) is 0 Å². The van der Waals surface area contributed by atoms with Crippen LogP contribution in [-0.4, -0.2) is 36.6 Å². The zero-order chi connectivity index (χ0) is 17.5. The fourth-order valence-electron chi connectivity index (χ4n) is 4.07. The maximum Gasteiger partial charge on any atom is 0.286 e. The highest BCUT2D eigenvalue weighted by Gasteiger charge is 2.35. The van der Waals surface area contributed by atoms with Gasteiger partial charge in [0.15, 0.2) is 5.76 Å². The highest BCUT2D eigenvalue weighted by molar-refractivity contribution is 5.91. The Bertz CT molecular complexity index is 455. The average molecular weight is 351 g/mol. The quantitative estimate of drug-likeness (QED) is 0.659. The Hall–Kier alpha value is -1.07. The Morgan fingerprint density at radius 1 is 1.16 bits per heavy atom. The van der Waals surface area contributed by atoms with E-state index >= 15 is 0 Å². The van der Waals surface area contributed by atoms with Crippen molar-refractivity contribution in [1.82, 2.24) is 5.32 Å². The Kier molecular flexibility index (Phi) is 7.17. The number of amides is 1. The van der Waals surface area contributed by atoms with Crippen molar-refractivity contribution in [2.45, 2.75) is 83.0 Å². The first-order chi connectivity index (χ1) is 12.3. The number of hydrogen-bond donors (Lipinski definition) is 2. The molecule has 1 aliphatic heterocycles. The molecule has 2 atom stereocenters. The van der Waals surface area contributed by atoms with Crippen LogP contribution in [0.4, 0.5) is 0 Å². The van der Waals surface area contributed by atoms with Crippen molar-refractivity contribution in [2.24, 2.45) is 11.8 Å². The van der Waals surface area contributed by atoms with Gasteiger partial charge in [0.05, 0.1) is 6.61 Å². The van der Waals surface area contributed by atoms with Crippen LogP contribution in [-0.2, 0) is 14.3 Å². The molecule has 0 bridgehead atoms. The van der Waals surface area contributed by atoms with Crippen molar-refractivity contribution in [1.29, 1.82) is 0 Å². The fourth-order valence-corrected chi connectivity index (χ4v) is 4.07. The number of carbonyl (C=O) groups is 1. The van der Waals surface area contributed by atoms with Gasteiger partial charge in [-0.3, -0.25) is 4.79 Å². The summed E-state index contributed by atoms with van der Waals surface area (Å²) in [4.78, 5) is 12.7. The lowest BCUT2D eigenvalue weighted by Gasteiger charge is -2.37. The number of rotatable bonds is 8. The molecular weight excluding hydrogens is 318 g/mol. The molecule has 2 N–H and O–H groups in total. The van der Waals surface area contributed by atoms with E-state index in [9.17, 15) is 4.79 Å². The van der Waals surface area contributed by atoms with Crippen LogP contribution in [0, 0.1) is 11.8 Å². The number of allylic oxidation sites excluding steroid dienone is 1. The lowest BCUT2D eigenvalue weighted by atomic mass is 9.73. The SMILES string of the molecule is O=C(NC1CCCCC1)C1=C[C@H](C2CCC2)C[C@H](OCCCCO)O1. The Morgan fingerprint density at radius 2 is 1.96 bits per heavy atom. The van der Waals surface area contributed by atoms with E-state index in [1.807, 2.05) is 0 Å². The first kappa shape index (κ1) is 18.7. The summed E-state index contributed by atoms with van der Waals surface area (Å²) in [6, 6.07) is 0.291. The molecule has 1 amide bonds. The number of unbranched alkanes of at least 4 members (excludes halogenated alkanes) is 1. The minimum atomic E-state index is -0.332. The highest BCUT2D eigenvalue weighted by Crippen LogP contribution is 2.40. The summed E-state index contributed by atoms with van der Waals surface area (Å²) < 4.78 is 11.7. The molecule has 0 radical (unpaired) electrons. The molecule has 2 fully saturated rings. The third-order valence-corrected chi connectivity index (χ3v) is 5.86. The van der Waals surface area contributed by atoms with E-state index in [0.29, 0.717) is 30.2 Å². The molecule has 25 heavy (non-hydrogen) atoms. The maximum absolute atomic E-state index is 12.7. The molecule has 5 heteroatoms. The number of hydrogen-bond acceptors (Lipinski definition) is 4. The van der Waals surface area contributed by atoms with E-state index in [1.165, 1.54) is 38.5 Å². The molecule has 0 aromatic carbocycles. The van der Waals surface area contributed by atoms with Crippen LogP contribution in [0.1, 0.15) is 70.6 Å². The maximum atomic E-state index is 12.7. The molecule has 0 unspecified atom stereocenters. The number of aliphatic hydroxyl groups is 1. The average Bonchev–Trinajstić information content (AvgIpc) is 2.58. The minimum absolute atomic E-state index is 0.0696. The lowest BCUT2D eigenvalue weighted by molar-refractivity contribution is -0.152. The van der Waals surface area contributed by atoms with E-state index in [1.54, 1.807) is 0 Å². The van der Waals surface area contributed by atoms with Crippen LogP contribution >= 0.6 is 0 Å². The third-order valence-electron chi connectivity index (χ3n) is 5.86. The normalized spacial score (nSPS) is 28.0. The van der Waals surface area contributed by atoms with E-state index < -0.39 is 0 Å². The molecule has 2 aliphatic carbocycles. The molecule has 0 aromatic rings. The van der Waals surface area contributed by atoms with Crippen molar-refractivity contribution in [2.75, 3.05) is 13.2 Å². The van der Waals surface area contributed by atoms with E-state index in [4.69, 9.17) is 14.6 Å². The summed E-state index contributed by atoms with van der Waals surface area (Å²) in [6.07, 6.45) is 13.7. The summed E-state index contributed by atoms with van der Waals surface area (Å²) >= 11 is 0. The molecular formula is C20H33NO4. The van der Waals surface area contributed by atoms with Crippen molar-refractivity contribution in [3.63, 3.8) is 0 Å². The first-order valence-corrected chi connectivity index (χ1v) is 10.2. The molecule has 2 saturated carbocycles. The Morgan fingerprint density at radius 3 is 2.64 bits per heavy atom. The van der Waals surface area contributed by atoms with Crippen molar-refractivity contribution in [3.8, 4) is 0 Å². The van der Waals surface area contributed by atoms with Gasteiger partial charge in [-0.05, 0) is 56.4 Å². The Balaban J connectivity index is 1.56. The van der Waals surface area contributed by atoms with Gasteiger partial charge in [0.25, 0.3) is 5.91 Å². The van der Waals surface area contributed by atoms with Crippen LogP contribution in [0.15, 0.2) is 11.8 Å². The first-order valence-electron chi connectivity index (χ1n) is 10.2. The number of carbonyl (C=O) groups excluding carboxylic acids is 1. The van der Waals surface area contributed by atoms with Crippen molar-refractivity contribution in [3.05, 3.63) is 11.8 Å².